The summed E-state index contributed by atoms with van der Waals surface area (Å²) in [7, 11) is 0. The molecule has 0 heterocycles. The van der Waals surface area contributed by atoms with Gasteiger partial charge in [-0.3, -0.25) is 9.59 Å². The first-order valence-corrected chi connectivity index (χ1v) is 12.9. The van der Waals surface area contributed by atoms with Crippen molar-refractivity contribution >= 4 is 89.0 Å². The van der Waals surface area contributed by atoms with Crippen molar-refractivity contribution < 1.29 is 19.1 Å². The summed E-state index contributed by atoms with van der Waals surface area (Å²) in [6, 6.07) is 21.1. The van der Waals surface area contributed by atoms with Crippen LogP contribution in [0.3, 0.4) is 0 Å². The molecule has 4 aromatic rings. The Balaban J connectivity index is 1.42. The molecule has 2 N–H and O–H groups in total. The van der Waals surface area contributed by atoms with Crippen LogP contribution in [-0.4, -0.2) is 25.0 Å². The zero-order valence-electron chi connectivity index (χ0n) is 18.5. The second kappa shape index (κ2) is 12.0. The van der Waals surface area contributed by atoms with Crippen molar-refractivity contribution in [2.24, 2.45) is 0 Å². The van der Waals surface area contributed by atoms with Crippen LogP contribution in [0.1, 0.15) is 0 Å². The molecule has 0 radical (unpaired) electrons. The average molecular weight is 653 g/mol. The number of benzene rings is 4. The molecular weight excluding hydrogens is 635 g/mol. The quantitative estimate of drug-likeness (QED) is 0.205. The second-order valence-electron chi connectivity index (χ2n) is 7.53. The molecule has 0 aliphatic carbocycles. The molecule has 0 atom stereocenters. The van der Waals surface area contributed by atoms with Crippen LogP contribution in [0.5, 0.6) is 11.5 Å². The minimum atomic E-state index is -0.351. The SMILES string of the molecule is O=C(COc1ccc(Br)cc1Cl)Nc1cccc2c(NC(=O)COc3ccc(Br)cc3Cl)cccc12. The molecule has 36 heavy (non-hydrogen) atoms. The van der Waals surface area contributed by atoms with Gasteiger partial charge in [-0.2, -0.15) is 0 Å². The van der Waals surface area contributed by atoms with Crippen molar-refractivity contribution in [2.45, 2.75) is 0 Å². The fraction of sp³-hybridized carbons (Fsp3) is 0.0769. The van der Waals surface area contributed by atoms with Crippen molar-refractivity contribution in [3.8, 4) is 11.5 Å². The Morgan fingerprint density at radius 2 is 1.08 bits per heavy atom. The van der Waals surface area contributed by atoms with E-state index in [4.69, 9.17) is 32.7 Å². The molecule has 6 nitrogen and oxygen atoms in total. The normalized spacial score (nSPS) is 10.7. The van der Waals surface area contributed by atoms with Crippen LogP contribution < -0.4 is 20.1 Å². The summed E-state index contributed by atoms with van der Waals surface area (Å²) in [6.07, 6.45) is 0. The van der Waals surface area contributed by atoms with Gasteiger partial charge >= 0.3 is 0 Å². The Bertz CT molecular complexity index is 1340. The molecule has 0 unspecified atom stereocenters. The van der Waals surface area contributed by atoms with E-state index in [2.05, 4.69) is 42.5 Å². The molecule has 0 aliphatic heterocycles. The minimum Gasteiger partial charge on any atom is -0.482 e. The average Bonchev–Trinajstić information content (AvgIpc) is 2.83. The molecule has 0 fully saturated rings. The summed E-state index contributed by atoms with van der Waals surface area (Å²) in [5.74, 6) is 0.112. The van der Waals surface area contributed by atoms with Gasteiger partial charge in [0, 0.05) is 31.1 Å². The maximum absolute atomic E-state index is 12.6. The van der Waals surface area contributed by atoms with Gasteiger partial charge in [0.05, 0.1) is 10.0 Å². The van der Waals surface area contributed by atoms with Gasteiger partial charge in [-0.15, -0.1) is 0 Å². The molecule has 4 rings (SSSR count). The van der Waals surface area contributed by atoms with Crippen LogP contribution in [0.15, 0.2) is 81.7 Å². The Hall–Kier alpha value is -2.78. The molecule has 4 aromatic carbocycles. The summed E-state index contributed by atoms with van der Waals surface area (Å²) in [5.41, 5.74) is 1.16. The fourth-order valence-corrected chi connectivity index (χ4v) is 4.83. The van der Waals surface area contributed by atoms with Crippen LogP contribution in [0.4, 0.5) is 11.4 Å². The van der Waals surface area contributed by atoms with Crippen LogP contribution >= 0.6 is 55.1 Å². The molecule has 0 aliphatic rings. The Labute approximate surface area is 234 Å². The number of halogens is 4. The van der Waals surface area contributed by atoms with E-state index in [1.807, 2.05) is 12.1 Å². The lowest BCUT2D eigenvalue weighted by Crippen LogP contribution is -2.21. The standard InChI is InChI=1S/C26H18Br2Cl2N2O4/c27-15-7-9-23(19(29)11-15)35-13-25(33)31-21-5-1-3-17-18(21)4-2-6-22(17)32-26(34)14-36-24-10-8-16(28)12-20(24)30/h1-12H,13-14H2,(H,31,33)(H,32,34). The highest BCUT2D eigenvalue weighted by molar-refractivity contribution is 9.10. The van der Waals surface area contributed by atoms with Gasteiger partial charge in [-0.05, 0) is 48.5 Å². The lowest BCUT2D eigenvalue weighted by Gasteiger charge is -2.14. The zero-order chi connectivity index (χ0) is 25.7. The first-order valence-electron chi connectivity index (χ1n) is 10.6. The van der Waals surface area contributed by atoms with E-state index in [1.165, 1.54) is 0 Å². The van der Waals surface area contributed by atoms with E-state index in [0.29, 0.717) is 32.9 Å². The Morgan fingerprint density at radius 1 is 0.667 bits per heavy atom. The van der Waals surface area contributed by atoms with E-state index in [0.717, 1.165) is 19.7 Å². The van der Waals surface area contributed by atoms with Crippen molar-refractivity contribution in [3.05, 3.63) is 91.8 Å². The van der Waals surface area contributed by atoms with E-state index in [1.54, 1.807) is 60.7 Å². The Kier molecular flexibility index (Phi) is 8.74. The summed E-state index contributed by atoms with van der Waals surface area (Å²) in [5, 5.41) is 8.00. The largest absolute Gasteiger partial charge is 0.482 e. The van der Waals surface area contributed by atoms with Gasteiger partial charge in [0.25, 0.3) is 11.8 Å². The third kappa shape index (κ3) is 6.70. The number of fused-ring (bicyclic) bond motifs is 1. The molecule has 0 bridgehead atoms. The highest BCUT2D eigenvalue weighted by Crippen LogP contribution is 2.31. The van der Waals surface area contributed by atoms with Crippen LogP contribution in [0, 0.1) is 0 Å². The van der Waals surface area contributed by atoms with E-state index in [-0.39, 0.29) is 25.0 Å². The van der Waals surface area contributed by atoms with E-state index < -0.39 is 0 Å². The van der Waals surface area contributed by atoms with Crippen molar-refractivity contribution in [1.82, 2.24) is 0 Å². The third-order valence-electron chi connectivity index (χ3n) is 4.98. The number of hydrogen-bond donors (Lipinski definition) is 2. The van der Waals surface area contributed by atoms with Gasteiger partial charge in [-0.25, -0.2) is 0 Å². The number of carbonyl (C=O) groups is 2. The molecule has 0 aromatic heterocycles. The topological polar surface area (TPSA) is 76.7 Å². The number of nitrogens with one attached hydrogen (secondary N) is 2. The molecule has 0 saturated carbocycles. The lowest BCUT2D eigenvalue weighted by molar-refractivity contribution is -0.118. The van der Waals surface area contributed by atoms with Crippen molar-refractivity contribution in [1.29, 1.82) is 0 Å². The fourth-order valence-electron chi connectivity index (χ4n) is 3.37. The van der Waals surface area contributed by atoms with E-state index >= 15 is 0 Å². The van der Waals surface area contributed by atoms with Crippen molar-refractivity contribution in [2.75, 3.05) is 23.8 Å². The predicted octanol–water partition coefficient (Wildman–Crippen LogP) is 7.71. The smallest absolute Gasteiger partial charge is 0.262 e. The molecule has 0 saturated heterocycles. The first kappa shape index (κ1) is 26.3. The van der Waals surface area contributed by atoms with Gasteiger partial charge in [-0.1, -0.05) is 79.3 Å². The highest BCUT2D eigenvalue weighted by Gasteiger charge is 2.12. The minimum absolute atomic E-state index is 0.218. The zero-order valence-corrected chi connectivity index (χ0v) is 23.2. The van der Waals surface area contributed by atoms with Gasteiger partial charge in [0.2, 0.25) is 0 Å². The van der Waals surface area contributed by atoms with Crippen LogP contribution in [0.25, 0.3) is 10.8 Å². The number of carbonyl (C=O) groups excluding carboxylic acids is 2. The predicted molar refractivity (Wildman–Crippen MR) is 151 cm³/mol. The molecule has 184 valence electrons. The summed E-state index contributed by atoms with van der Waals surface area (Å²) >= 11 is 18.9. The van der Waals surface area contributed by atoms with Gasteiger partial charge in [0.15, 0.2) is 13.2 Å². The number of anilines is 2. The maximum Gasteiger partial charge on any atom is 0.262 e. The number of rotatable bonds is 8. The summed E-state index contributed by atoms with van der Waals surface area (Å²) in [6.45, 7) is -0.436. The third-order valence-corrected chi connectivity index (χ3v) is 6.55. The number of amides is 2. The monoisotopic (exact) mass is 650 g/mol. The van der Waals surface area contributed by atoms with Gasteiger partial charge < -0.3 is 20.1 Å². The maximum atomic E-state index is 12.6. The molecule has 0 spiro atoms. The Morgan fingerprint density at radius 3 is 1.47 bits per heavy atom. The van der Waals surface area contributed by atoms with Crippen LogP contribution in [-0.2, 0) is 9.59 Å². The number of ether oxygens (including phenoxy) is 2. The molecule has 2 amide bonds. The van der Waals surface area contributed by atoms with E-state index in [9.17, 15) is 9.59 Å². The first-order chi connectivity index (χ1) is 17.3. The second-order valence-corrected chi connectivity index (χ2v) is 10.2. The highest BCUT2D eigenvalue weighted by atomic mass is 79.9. The summed E-state index contributed by atoms with van der Waals surface area (Å²) in [4.78, 5) is 25.1. The van der Waals surface area contributed by atoms with Crippen LogP contribution in [0.2, 0.25) is 10.0 Å². The molecular formula is C26H18Br2Cl2N2O4. The van der Waals surface area contributed by atoms with Crippen molar-refractivity contribution in [3.63, 3.8) is 0 Å². The van der Waals surface area contributed by atoms with Gasteiger partial charge in [0.1, 0.15) is 11.5 Å². The lowest BCUT2D eigenvalue weighted by atomic mass is 10.1. The number of hydrogen-bond acceptors (Lipinski definition) is 4. The molecule has 10 heteroatoms. The summed E-state index contributed by atoms with van der Waals surface area (Å²) < 4.78 is 12.7.